The molecule has 2 aromatic heterocycles. The van der Waals surface area contributed by atoms with Crippen LogP contribution in [0.1, 0.15) is 85.9 Å². The van der Waals surface area contributed by atoms with Crippen LogP contribution in [0.25, 0.3) is 45.6 Å². The van der Waals surface area contributed by atoms with Gasteiger partial charge in [-0.15, -0.1) is 0 Å². The molecule has 0 bridgehead atoms. The van der Waals surface area contributed by atoms with Gasteiger partial charge in [-0.1, -0.05) is 0 Å². The number of allylic oxidation sites excluding steroid dienone is 2. The van der Waals surface area contributed by atoms with Crippen LogP contribution in [-0.2, 0) is 15.0 Å². The summed E-state index contributed by atoms with van der Waals surface area (Å²) in [4.78, 5) is 0. The molecule has 0 radical (unpaired) electrons. The second kappa shape index (κ2) is 13.4. The molecular formula is C48H48Cl2O2SiZr. The molecule has 8 rings (SSSR count). The molecule has 6 heteroatoms. The van der Waals surface area contributed by atoms with Gasteiger partial charge in [-0.3, -0.25) is 0 Å². The van der Waals surface area contributed by atoms with Crippen molar-refractivity contribution >= 4 is 45.8 Å². The summed E-state index contributed by atoms with van der Waals surface area (Å²) >= 11 is -5.36. The molecule has 0 saturated carbocycles. The van der Waals surface area contributed by atoms with Gasteiger partial charge in [0.05, 0.1) is 0 Å². The van der Waals surface area contributed by atoms with E-state index in [2.05, 4.69) is 152 Å². The van der Waals surface area contributed by atoms with Crippen molar-refractivity contribution in [2.24, 2.45) is 0 Å². The molecule has 2 nitrogen and oxygen atoms in total. The summed E-state index contributed by atoms with van der Waals surface area (Å²) in [6.45, 7) is 21.9. The van der Waals surface area contributed by atoms with E-state index in [0.29, 0.717) is 0 Å². The Kier molecular flexibility index (Phi) is 9.29. The van der Waals surface area contributed by atoms with Gasteiger partial charge in [0, 0.05) is 0 Å². The molecule has 2 aliphatic rings. The molecule has 6 aromatic rings. The topological polar surface area (TPSA) is 26.3 Å². The first-order valence-electron chi connectivity index (χ1n) is 18.9. The first kappa shape index (κ1) is 37.5. The Morgan fingerprint density at radius 3 is 1.19 bits per heavy atom. The minimum atomic E-state index is -5.36. The van der Waals surface area contributed by atoms with E-state index in [9.17, 15) is 0 Å². The van der Waals surface area contributed by atoms with Gasteiger partial charge in [0.25, 0.3) is 0 Å². The van der Waals surface area contributed by atoms with E-state index in [0.717, 1.165) is 34.2 Å². The quantitative estimate of drug-likeness (QED) is 0.156. The Balaban J connectivity index is 1.47. The molecule has 2 aliphatic carbocycles. The number of aryl methyl sites for hydroxylation is 8. The second-order valence-electron chi connectivity index (χ2n) is 16.3. The monoisotopic (exact) mass is 844 g/mol. The average molecular weight is 847 g/mol. The Hall–Kier alpha value is -3.40. The van der Waals surface area contributed by atoms with E-state index in [1.807, 2.05) is 13.8 Å². The molecule has 0 spiro atoms. The summed E-state index contributed by atoms with van der Waals surface area (Å²) in [7, 11) is 17.9. The van der Waals surface area contributed by atoms with E-state index in [-0.39, 0.29) is 7.25 Å². The summed E-state index contributed by atoms with van der Waals surface area (Å²) in [6.07, 6.45) is 4.74. The molecular weight excluding hydrogens is 799 g/mol. The summed E-state index contributed by atoms with van der Waals surface area (Å²) in [5.41, 5.74) is 18.0. The van der Waals surface area contributed by atoms with E-state index >= 15 is 0 Å². The first-order valence-corrected chi connectivity index (χ1v) is 34.3. The van der Waals surface area contributed by atoms with E-state index in [1.54, 1.807) is 0 Å². The molecule has 0 fully saturated rings. The first-order chi connectivity index (χ1) is 25.5. The standard InChI is InChI=1S/2C23H21O.C2H6Si.2ClH.Zr/c2*1-14-9-15(2)11-20(10-14)23-16(3)5-7-18-12-19(13-21(18)23)22-8-6-17(4)24-22;1-3-2;;;/h2*5-13H,1-4H3;1-2H3;2*1H;/q;;;;;+2/p-2. The molecule has 2 unspecified atom stereocenters. The predicted molar refractivity (Wildman–Crippen MR) is 229 cm³/mol. The Morgan fingerprint density at radius 1 is 0.500 bits per heavy atom. The molecule has 0 saturated heterocycles. The van der Waals surface area contributed by atoms with Crippen molar-refractivity contribution in [3.05, 3.63) is 164 Å². The van der Waals surface area contributed by atoms with Gasteiger partial charge < -0.3 is 0 Å². The fourth-order valence-electron chi connectivity index (χ4n) is 9.61. The number of fused-ring (bicyclic) bond motifs is 2. The molecule has 274 valence electrons. The van der Waals surface area contributed by atoms with Crippen LogP contribution in [0.4, 0.5) is 0 Å². The number of furan rings is 2. The maximum atomic E-state index is 8.93. The van der Waals surface area contributed by atoms with Crippen LogP contribution in [0.3, 0.4) is 0 Å². The van der Waals surface area contributed by atoms with Gasteiger partial charge in [0.15, 0.2) is 0 Å². The number of hydrogen-bond acceptors (Lipinski definition) is 2. The minimum absolute atomic E-state index is 0.217. The van der Waals surface area contributed by atoms with Crippen molar-refractivity contribution in [1.29, 1.82) is 0 Å². The summed E-state index contributed by atoms with van der Waals surface area (Å²) in [6, 6.07) is 31.2. The van der Waals surface area contributed by atoms with Crippen LogP contribution < -0.4 is 0 Å². The van der Waals surface area contributed by atoms with Crippen LogP contribution in [-0.4, -0.2) is 5.43 Å². The van der Waals surface area contributed by atoms with Crippen LogP contribution >= 0.6 is 17.0 Å². The van der Waals surface area contributed by atoms with Crippen molar-refractivity contribution in [2.45, 2.75) is 75.7 Å². The number of rotatable bonds is 6. The molecule has 2 atom stereocenters. The predicted octanol–water partition coefficient (Wildman–Crippen LogP) is 14.8. The van der Waals surface area contributed by atoms with Crippen molar-refractivity contribution < 1.29 is 23.8 Å². The van der Waals surface area contributed by atoms with Crippen LogP contribution in [0.5, 0.6) is 0 Å². The molecule has 4 aromatic carbocycles. The molecule has 0 amide bonds. The zero-order valence-corrected chi connectivity index (χ0v) is 37.9. The van der Waals surface area contributed by atoms with E-state index < -0.39 is 20.4 Å². The third kappa shape index (κ3) is 5.90. The third-order valence-corrected chi connectivity index (χ3v) is 58.2. The van der Waals surface area contributed by atoms with Crippen molar-refractivity contribution in [3.8, 4) is 22.3 Å². The SMILES string of the molecule is Cc1cc(C)cc(-c2c(C)ccc3c2C=C(c2ccc(C)o2)[CH]3[Zr]([Cl])([Cl])([CH]2C(c3ccc(C)o3)=Cc3c2ccc(C)c3-c2cc(C)cc(C)c2)=[Si](C)C)c1. The van der Waals surface area contributed by atoms with Gasteiger partial charge in [-0.2, -0.15) is 0 Å². The van der Waals surface area contributed by atoms with Crippen molar-refractivity contribution in [1.82, 2.24) is 0 Å². The van der Waals surface area contributed by atoms with Gasteiger partial charge in [-0.25, -0.2) is 0 Å². The summed E-state index contributed by atoms with van der Waals surface area (Å²) < 4.78 is 12.7. The van der Waals surface area contributed by atoms with Gasteiger partial charge in [0.2, 0.25) is 0 Å². The fraction of sp³-hybridized carbons (Fsp3) is 0.250. The maximum absolute atomic E-state index is 8.93. The van der Waals surface area contributed by atoms with Crippen LogP contribution in [0.2, 0.25) is 13.1 Å². The Morgan fingerprint density at radius 2 is 0.870 bits per heavy atom. The average Bonchev–Trinajstić information content (AvgIpc) is 3.88. The van der Waals surface area contributed by atoms with Crippen molar-refractivity contribution in [3.63, 3.8) is 0 Å². The van der Waals surface area contributed by atoms with Gasteiger partial charge in [-0.05, 0) is 0 Å². The van der Waals surface area contributed by atoms with Gasteiger partial charge in [0.1, 0.15) is 0 Å². The fourth-order valence-corrected chi connectivity index (χ4v) is 37.3. The van der Waals surface area contributed by atoms with Gasteiger partial charge >= 0.3 is 331 Å². The zero-order chi connectivity index (χ0) is 38.5. The molecule has 54 heavy (non-hydrogen) atoms. The Labute approximate surface area is 328 Å². The zero-order valence-electron chi connectivity index (χ0n) is 33.0. The Bertz CT molecular complexity index is 2480. The molecule has 0 aliphatic heterocycles. The number of halogens is 2. The third-order valence-electron chi connectivity index (χ3n) is 11.9. The summed E-state index contributed by atoms with van der Waals surface area (Å²) in [5, 5.41) is 0. The molecule has 2 heterocycles. The number of benzene rings is 4. The number of hydrogen-bond donors (Lipinski definition) is 0. The second-order valence-corrected chi connectivity index (χ2v) is 55.1. The van der Waals surface area contributed by atoms with Crippen molar-refractivity contribution in [2.75, 3.05) is 0 Å². The van der Waals surface area contributed by atoms with Crippen LogP contribution in [0, 0.1) is 55.4 Å². The summed E-state index contributed by atoms with van der Waals surface area (Å²) in [5.74, 6) is 3.44. The van der Waals surface area contributed by atoms with Crippen LogP contribution in [0.15, 0.2) is 93.8 Å². The van der Waals surface area contributed by atoms with E-state index in [4.69, 9.17) is 25.9 Å². The van der Waals surface area contributed by atoms with E-state index in [1.165, 1.54) is 77.9 Å². The normalized spacial score (nSPS) is 16.7. The molecule has 0 N–H and O–H groups in total.